The molecule has 2 aliphatic rings. The third-order valence-corrected chi connectivity index (χ3v) is 9.51. The highest BCUT2D eigenvalue weighted by Gasteiger charge is 2.45. The Kier molecular flexibility index (Phi) is 9.86. The molecule has 4 rings (SSSR count). The zero-order valence-corrected chi connectivity index (χ0v) is 28.7. The molecule has 0 amide bonds. The first-order valence-corrected chi connectivity index (χ1v) is 16.9. The van der Waals surface area contributed by atoms with E-state index in [1.807, 2.05) is 0 Å². The average Bonchev–Trinajstić information content (AvgIpc) is 2.86. The molecule has 2 fully saturated rings. The van der Waals surface area contributed by atoms with Gasteiger partial charge in [0.15, 0.2) is 0 Å². The van der Waals surface area contributed by atoms with Crippen LogP contribution >= 0.6 is 17.2 Å². The maximum absolute atomic E-state index is 6.31. The van der Waals surface area contributed by atoms with Crippen molar-refractivity contribution in [3.63, 3.8) is 0 Å². The summed E-state index contributed by atoms with van der Waals surface area (Å²) in [6.07, 6.45) is 0.938. The SMILES string of the molecule is CC(C)Cc1cc(C(C)(C)C)ccc1OP1OCC2(CO1)COP(Oc1ccc(C(C)(C)C)cc1C(C)(C)C)OC2. The van der Waals surface area contributed by atoms with Crippen LogP contribution in [0.15, 0.2) is 36.4 Å². The van der Waals surface area contributed by atoms with Crippen LogP contribution in [-0.2, 0) is 40.8 Å². The van der Waals surface area contributed by atoms with Gasteiger partial charge in [0.05, 0.1) is 31.8 Å². The van der Waals surface area contributed by atoms with E-state index >= 15 is 0 Å². The first kappa shape index (κ1) is 32.6. The molecular formula is C33H50O6P2. The van der Waals surface area contributed by atoms with Crippen molar-refractivity contribution in [3.05, 3.63) is 58.7 Å². The van der Waals surface area contributed by atoms with E-state index in [9.17, 15) is 0 Å². The fourth-order valence-electron chi connectivity index (χ4n) is 4.75. The van der Waals surface area contributed by atoms with Crippen LogP contribution in [0.1, 0.15) is 98.4 Å². The summed E-state index contributed by atoms with van der Waals surface area (Å²) in [6, 6.07) is 12.9. The molecule has 0 atom stereocenters. The van der Waals surface area contributed by atoms with Crippen LogP contribution in [0.25, 0.3) is 0 Å². The standard InChI is InChI=1S/C33H50O6P2/c1-23(2)16-24-17-25(30(3,4)5)12-14-28(24)38-40-34-19-33(20-35-40)21-36-41(37-22-33)39-29-15-13-26(31(6,7)8)18-27(29)32(9,10)11/h12-15,17-18,23H,16,19-22H2,1-11H3. The highest BCUT2D eigenvalue weighted by atomic mass is 31.2. The van der Waals surface area contributed by atoms with E-state index in [1.54, 1.807) is 0 Å². The van der Waals surface area contributed by atoms with Crippen molar-refractivity contribution < 1.29 is 27.1 Å². The number of rotatable bonds is 6. The first-order chi connectivity index (χ1) is 19.0. The molecule has 2 saturated heterocycles. The van der Waals surface area contributed by atoms with Gasteiger partial charge in [0.1, 0.15) is 11.5 Å². The van der Waals surface area contributed by atoms with Crippen molar-refractivity contribution in [1.82, 2.24) is 0 Å². The fraction of sp³-hybridized carbons (Fsp3) is 0.636. The molecule has 2 aromatic rings. The van der Waals surface area contributed by atoms with Crippen LogP contribution in [-0.4, -0.2) is 26.4 Å². The molecular weight excluding hydrogens is 554 g/mol. The molecule has 0 saturated carbocycles. The topological polar surface area (TPSA) is 55.4 Å². The summed E-state index contributed by atoms with van der Waals surface area (Å²) in [6.45, 7) is 26.2. The Hall–Kier alpha value is -1.26. The van der Waals surface area contributed by atoms with E-state index < -0.39 is 17.2 Å². The van der Waals surface area contributed by atoms with E-state index in [-0.39, 0.29) is 21.7 Å². The van der Waals surface area contributed by atoms with E-state index in [2.05, 4.69) is 113 Å². The van der Waals surface area contributed by atoms with Gasteiger partial charge in [-0.05, 0) is 57.4 Å². The van der Waals surface area contributed by atoms with Crippen molar-refractivity contribution in [2.24, 2.45) is 11.3 Å². The highest BCUT2D eigenvalue weighted by molar-refractivity contribution is 7.42. The van der Waals surface area contributed by atoms with Gasteiger partial charge in [0.2, 0.25) is 0 Å². The second kappa shape index (κ2) is 12.4. The lowest BCUT2D eigenvalue weighted by Gasteiger charge is -2.41. The van der Waals surface area contributed by atoms with Gasteiger partial charge in [-0.2, -0.15) is 0 Å². The van der Waals surface area contributed by atoms with Gasteiger partial charge in [-0.15, -0.1) is 0 Å². The number of benzene rings is 2. The molecule has 41 heavy (non-hydrogen) atoms. The smallest absolute Gasteiger partial charge is 0.397 e. The van der Waals surface area contributed by atoms with Crippen LogP contribution in [0.3, 0.4) is 0 Å². The summed E-state index contributed by atoms with van der Waals surface area (Å²) >= 11 is 0. The Morgan fingerprint density at radius 3 is 1.54 bits per heavy atom. The Balaban J connectivity index is 1.35. The molecule has 0 radical (unpaired) electrons. The van der Waals surface area contributed by atoms with Crippen molar-refractivity contribution in [2.75, 3.05) is 26.4 Å². The third-order valence-electron chi connectivity index (χ3n) is 7.46. The molecule has 1 spiro atoms. The number of hydrogen-bond acceptors (Lipinski definition) is 6. The molecule has 0 N–H and O–H groups in total. The molecule has 2 heterocycles. The van der Waals surface area contributed by atoms with Crippen LogP contribution in [0.4, 0.5) is 0 Å². The van der Waals surface area contributed by atoms with Gasteiger partial charge in [-0.3, -0.25) is 0 Å². The molecule has 6 nitrogen and oxygen atoms in total. The Bertz CT molecular complexity index is 1170. The van der Waals surface area contributed by atoms with Gasteiger partial charge in [0.25, 0.3) is 0 Å². The van der Waals surface area contributed by atoms with Crippen molar-refractivity contribution in [2.45, 2.75) is 98.8 Å². The fourth-order valence-corrected chi connectivity index (χ4v) is 7.28. The summed E-state index contributed by atoms with van der Waals surface area (Å²) in [7, 11) is -3.01. The summed E-state index contributed by atoms with van der Waals surface area (Å²) < 4.78 is 37.1. The largest absolute Gasteiger partial charge is 0.426 e. The van der Waals surface area contributed by atoms with Crippen LogP contribution in [0, 0.1) is 11.3 Å². The second-order valence-electron chi connectivity index (χ2n) is 15.1. The van der Waals surface area contributed by atoms with Crippen molar-refractivity contribution in [3.8, 4) is 11.5 Å². The molecule has 0 aliphatic carbocycles. The molecule has 2 aliphatic heterocycles. The lowest BCUT2D eigenvalue weighted by molar-refractivity contribution is -0.0673. The van der Waals surface area contributed by atoms with E-state index in [1.165, 1.54) is 16.7 Å². The summed E-state index contributed by atoms with van der Waals surface area (Å²) in [5.41, 5.74) is 4.62. The maximum Gasteiger partial charge on any atom is 0.397 e. The summed E-state index contributed by atoms with van der Waals surface area (Å²) in [5, 5.41) is 0. The van der Waals surface area contributed by atoms with Gasteiger partial charge in [-0.1, -0.05) is 100 Å². The Morgan fingerprint density at radius 1 is 0.659 bits per heavy atom. The molecule has 0 bridgehead atoms. The minimum absolute atomic E-state index is 0.0596. The van der Waals surface area contributed by atoms with Crippen LogP contribution < -0.4 is 9.05 Å². The predicted molar refractivity (Wildman–Crippen MR) is 169 cm³/mol. The minimum atomic E-state index is -1.51. The molecule has 228 valence electrons. The van der Waals surface area contributed by atoms with Gasteiger partial charge < -0.3 is 27.1 Å². The van der Waals surface area contributed by atoms with Crippen LogP contribution in [0.5, 0.6) is 11.5 Å². The first-order valence-electron chi connectivity index (χ1n) is 14.7. The Labute approximate surface area is 250 Å². The van der Waals surface area contributed by atoms with Crippen LogP contribution in [0.2, 0.25) is 0 Å². The zero-order chi connectivity index (χ0) is 30.2. The third kappa shape index (κ3) is 8.43. The zero-order valence-electron chi connectivity index (χ0n) is 26.9. The second-order valence-corrected chi connectivity index (χ2v) is 17.4. The van der Waals surface area contributed by atoms with Gasteiger partial charge in [-0.25, -0.2) is 0 Å². The van der Waals surface area contributed by atoms with Crippen molar-refractivity contribution >= 4 is 17.2 Å². The lowest BCUT2D eigenvalue weighted by atomic mass is 9.80. The maximum atomic E-state index is 6.31. The van der Waals surface area contributed by atoms with Crippen molar-refractivity contribution in [1.29, 1.82) is 0 Å². The van der Waals surface area contributed by atoms with E-state index in [4.69, 9.17) is 27.1 Å². The lowest BCUT2D eigenvalue weighted by Crippen LogP contribution is -2.45. The normalized spacial score (nSPS) is 24.1. The average molecular weight is 605 g/mol. The van der Waals surface area contributed by atoms with Gasteiger partial charge >= 0.3 is 17.2 Å². The molecule has 0 unspecified atom stereocenters. The molecule has 8 heteroatoms. The molecule has 2 aromatic carbocycles. The monoisotopic (exact) mass is 604 g/mol. The Morgan fingerprint density at radius 2 is 1.10 bits per heavy atom. The minimum Gasteiger partial charge on any atom is -0.426 e. The summed E-state index contributed by atoms with van der Waals surface area (Å²) in [4.78, 5) is 0. The predicted octanol–water partition coefficient (Wildman–Crippen LogP) is 9.77. The number of hydrogen-bond donors (Lipinski definition) is 0. The molecule has 0 aromatic heterocycles. The van der Waals surface area contributed by atoms with E-state index in [0.29, 0.717) is 32.3 Å². The quantitative estimate of drug-likeness (QED) is 0.306. The van der Waals surface area contributed by atoms with E-state index in [0.717, 1.165) is 23.5 Å². The van der Waals surface area contributed by atoms with Gasteiger partial charge in [0, 0.05) is 5.56 Å². The highest BCUT2D eigenvalue weighted by Crippen LogP contribution is 2.54. The summed E-state index contributed by atoms with van der Waals surface area (Å²) in [5.74, 6) is 2.17.